The highest BCUT2D eigenvalue weighted by Crippen LogP contribution is 2.40. The van der Waals surface area contributed by atoms with E-state index >= 15 is 0 Å². The Kier molecular flexibility index (Phi) is 10.1. The Balaban J connectivity index is 0.000000219. The van der Waals surface area contributed by atoms with E-state index in [0.717, 1.165) is 54.0 Å². The van der Waals surface area contributed by atoms with Gasteiger partial charge in [-0.1, -0.05) is 78.0 Å². The molecule has 0 aliphatic carbocycles. The minimum atomic E-state index is -0.239. The minimum absolute atomic E-state index is 0.0355. The zero-order chi connectivity index (χ0) is 28.8. The molecule has 0 aromatic heterocycles. The molecule has 39 heavy (non-hydrogen) atoms. The van der Waals surface area contributed by atoms with E-state index in [1.54, 1.807) is 0 Å². The number of hydrogen-bond donors (Lipinski definition) is 2. The summed E-state index contributed by atoms with van der Waals surface area (Å²) in [7, 11) is 0. The van der Waals surface area contributed by atoms with E-state index in [9.17, 15) is 13.9 Å². The maximum atomic E-state index is 13.2. The molecular weight excluding hydrogens is 490 g/mol. The van der Waals surface area contributed by atoms with Gasteiger partial charge in [-0.15, -0.1) is 0 Å². The third kappa shape index (κ3) is 8.23. The first-order valence-electron chi connectivity index (χ1n) is 13.8. The van der Waals surface area contributed by atoms with Crippen LogP contribution in [0.4, 0.5) is 8.78 Å². The van der Waals surface area contributed by atoms with Gasteiger partial charge in [-0.05, 0) is 70.8 Å². The summed E-state index contributed by atoms with van der Waals surface area (Å²) in [5.74, 6) is -0.0305. The van der Waals surface area contributed by atoms with E-state index in [-0.39, 0.29) is 28.5 Å². The fourth-order valence-corrected chi connectivity index (χ4v) is 4.93. The Labute approximate surface area is 233 Å². The maximum absolute atomic E-state index is 13.2. The largest absolute Gasteiger partial charge is 0.507 e. The van der Waals surface area contributed by atoms with Crippen LogP contribution in [-0.4, -0.2) is 36.2 Å². The fraction of sp³-hybridized carbons (Fsp3) is 0.412. The van der Waals surface area contributed by atoms with Crippen molar-refractivity contribution in [2.45, 2.75) is 65.3 Å². The number of phenols is 1. The van der Waals surface area contributed by atoms with Crippen LogP contribution in [0.5, 0.6) is 5.75 Å². The molecule has 0 atom stereocenters. The van der Waals surface area contributed by atoms with Crippen LogP contribution in [0.3, 0.4) is 0 Å². The van der Waals surface area contributed by atoms with Gasteiger partial charge in [0, 0.05) is 37.3 Å². The normalized spacial score (nSPS) is 14.9. The Morgan fingerprint density at radius 3 is 1.54 bits per heavy atom. The number of rotatable bonds is 4. The van der Waals surface area contributed by atoms with Crippen LogP contribution in [0.25, 0.3) is 6.08 Å². The molecule has 0 amide bonds. The molecule has 1 saturated heterocycles. The average molecular weight is 535 g/mol. The van der Waals surface area contributed by atoms with E-state index in [1.165, 1.54) is 24.3 Å². The van der Waals surface area contributed by atoms with Crippen molar-refractivity contribution in [2.24, 2.45) is 0 Å². The summed E-state index contributed by atoms with van der Waals surface area (Å²) in [6.07, 6.45) is 4.12. The molecule has 1 aliphatic rings. The Morgan fingerprint density at radius 1 is 0.769 bits per heavy atom. The molecule has 3 aromatic rings. The molecule has 3 aromatic carbocycles. The summed E-state index contributed by atoms with van der Waals surface area (Å²) in [4.78, 5) is 2.34. The average Bonchev–Trinajstić information content (AvgIpc) is 2.87. The number of nitrogens with zero attached hydrogens (tertiary/aromatic N) is 1. The van der Waals surface area contributed by atoms with Crippen LogP contribution in [-0.2, 0) is 10.8 Å². The molecule has 0 bridgehead atoms. The van der Waals surface area contributed by atoms with E-state index in [1.807, 2.05) is 37.3 Å². The van der Waals surface area contributed by atoms with Crippen LogP contribution in [0, 0.1) is 11.6 Å². The fourth-order valence-electron chi connectivity index (χ4n) is 4.93. The third-order valence-corrected chi connectivity index (χ3v) is 7.00. The van der Waals surface area contributed by atoms with Gasteiger partial charge in [0.05, 0.1) is 6.04 Å². The number of phenolic OH excluding ortho intramolecular Hbond substituents is 1. The van der Waals surface area contributed by atoms with Gasteiger partial charge >= 0.3 is 0 Å². The highest BCUT2D eigenvalue weighted by Gasteiger charge is 2.26. The number of piperazine rings is 1. The van der Waals surface area contributed by atoms with Crippen LogP contribution in [0.15, 0.2) is 66.7 Å². The van der Waals surface area contributed by atoms with Crippen LogP contribution < -0.4 is 5.32 Å². The van der Waals surface area contributed by atoms with Crippen molar-refractivity contribution in [2.75, 3.05) is 26.2 Å². The van der Waals surface area contributed by atoms with Gasteiger partial charge in [-0.25, -0.2) is 8.78 Å². The number of benzene rings is 3. The molecule has 0 radical (unpaired) electrons. The number of halogens is 2. The van der Waals surface area contributed by atoms with Crippen molar-refractivity contribution < 1.29 is 13.9 Å². The van der Waals surface area contributed by atoms with Gasteiger partial charge in [0.25, 0.3) is 0 Å². The van der Waals surface area contributed by atoms with Gasteiger partial charge in [0.2, 0.25) is 0 Å². The number of nitrogens with one attached hydrogen (secondary N) is 1. The van der Waals surface area contributed by atoms with E-state index in [4.69, 9.17) is 0 Å². The van der Waals surface area contributed by atoms with Gasteiger partial charge in [-0.3, -0.25) is 4.90 Å². The standard InChI is InChI=1S/C17H18F2N2.C17H26O/c18-15-5-1-13(2-6-15)17(21-11-9-20-10-12-21)14-3-7-16(19)8-4-14;1-8-9-12-10-13(16(2,3)4)15(18)14(11-12)17(5,6)7/h1-8,17,20H,9-12H2;8-11,18H,1-7H3. The Bertz CT molecular complexity index is 1150. The second-order valence-corrected chi connectivity index (χ2v) is 12.3. The second-order valence-electron chi connectivity index (χ2n) is 12.3. The first-order chi connectivity index (χ1) is 18.3. The molecule has 1 heterocycles. The SMILES string of the molecule is CC=Cc1cc(C(C)(C)C)c(O)c(C(C)(C)C)c1.Fc1ccc(C(c2ccc(F)cc2)N2CCNCC2)cc1. The van der Waals surface area contributed by atoms with Gasteiger partial charge < -0.3 is 10.4 Å². The molecule has 0 unspecified atom stereocenters. The lowest BCUT2D eigenvalue weighted by molar-refractivity contribution is 0.198. The zero-order valence-corrected chi connectivity index (χ0v) is 24.5. The maximum Gasteiger partial charge on any atom is 0.123 e. The first-order valence-corrected chi connectivity index (χ1v) is 13.8. The number of aromatic hydroxyl groups is 1. The van der Waals surface area contributed by atoms with Crippen molar-refractivity contribution in [1.29, 1.82) is 0 Å². The summed E-state index contributed by atoms with van der Waals surface area (Å²) in [6, 6.07) is 17.4. The highest BCUT2D eigenvalue weighted by atomic mass is 19.1. The number of hydrogen-bond acceptors (Lipinski definition) is 3. The van der Waals surface area contributed by atoms with Crippen molar-refractivity contribution in [1.82, 2.24) is 10.2 Å². The quantitative estimate of drug-likeness (QED) is 0.356. The van der Waals surface area contributed by atoms with E-state index < -0.39 is 0 Å². The molecule has 5 heteroatoms. The second kappa shape index (κ2) is 12.9. The van der Waals surface area contributed by atoms with Crippen molar-refractivity contribution >= 4 is 6.08 Å². The molecule has 3 nitrogen and oxygen atoms in total. The van der Waals surface area contributed by atoms with Crippen LogP contribution >= 0.6 is 0 Å². The van der Waals surface area contributed by atoms with Gasteiger partial charge in [0.15, 0.2) is 0 Å². The van der Waals surface area contributed by atoms with Crippen molar-refractivity contribution in [3.8, 4) is 5.75 Å². The van der Waals surface area contributed by atoms with Crippen LogP contribution in [0.1, 0.15) is 82.3 Å². The molecule has 0 saturated carbocycles. The molecular formula is C34H44F2N2O. The van der Waals surface area contributed by atoms with Gasteiger partial charge in [-0.2, -0.15) is 0 Å². The lowest BCUT2D eigenvalue weighted by atomic mass is 9.78. The molecule has 1 aliphatic heterocycles. The van der Waals surface area contributed by atoms with Crippen LogP contribution in [0.2, 0.25) is 0 Å². The summed E-state index contributed by atoms with van der Waals surface area (Å²) >= 11 is 0. The van der Waals surface area contributed by atoms with Gasteiger partial charge in [0.1, 0.15) is 17.4 Å². The minimum Gasteiger partial charge on any atom is -0.507 e. The Morgan fingerprint density at radius 2 is 1.18 bits per heavy atom. The molecule has 210 valence electrons. The summed E-state index contributed by atoms with van der Waals surface area (Å²) in [5.41, 5.74) is 5.15. The first kappa shape index (κ1) is 30.5. The van der Waals surface area contributed by atoms with E-state index in [0.29, 0.717) is 5.75 Å². The summed E-state index contributed by atoms with van der Waals surface area (Å²) in [6.45, 7) is 18.5. The number of allylic oxidation sites excluding steroid dienone is 1. The van der Waals surface area contributed by atoms with E-state index in [2.05, 4.69) is 70.0 Å². The summed E-state index contributed by atoms with van der Waals surface area (Å²) in [5, 5.41) is 13.9. The highest BCUT2D eigenvalue weighted by molar-refractivity contribution is 5.59. The zero-order valence-electron chi connectivity index (χ0n) is 24.5. The predicted octanol–water partition coefficient (Wildman–Crippen LogP) is 7.98. The lowest BCUT2D eigenvalue weighted by Gasteiger charge is -2.35. The molecule has 0 spiro atoms. The molecule has 2 N–H and O–H groups in total. The smallest absolute Gasteiger partial charge is 0.123 e. The lowest BCUT2D eigenvalue weighted by Crippen LogP contribution is -2.45. The third-order valence-electron chi connectivity index (χ3n) is 7.00. The monoisotopic (exact) mass is 534 g/mol. The summed E-state index contributed by atoms with van der Waals surface area (Å²) < 4.78 is 26.3. The predicted molar refractivity (Wildman–Crippen MR) is 159 cm³/mol. The van der Waals surface area contributed by atoms with Crippen molar-refractivity contribution in [3.05, 3.63) is 106 Å². The molecule has 4 rings (SSSR count). The molecule has 1 fully saturated rings. The van der Waals surface area contributed by atoms with Crippen molar-refractivity contribution in [3.63, 3.8) is 0 Å². The topological polar surface area (TPSA) is 35.5 Å². The Hall–Kier alpha value is -3.02.